The molecule has 0 spiro atoms. The van der Waals surface area contributed by atoms with Crippen molar-refractivity contribution in [1.29, 1.82) is 0 Å². The van der Waals surface area contributed by atoms with Crippen LogP contribution in [0.1, 0.15) is 43.7 Å². The van der Waals surface area contributed by atoms with Crippen molar-refractivity contribution in [2.75, 3.05) is 33.5 Å². The van der Waals surface area contributed by atoms with Crippen molar-refractivity contribution in [3.8, 4) is 11.1 Å². The normalized spacial score (nSPS) is 12.1. The fourth-order valence-corrected chi connectivity index (χ4v) is 3.54. The number of aliphatic hydroxyl groups excluding tert-OH is 1. The van der Waals surface area contributed by atoms with E-state index in [1.165, 1.54) is 47.9 Å². The number of rotatable bonds is 15. The lowest BCUT2D eigenvalue weighted by Gasteiger charge is -2.16. The number of hydrogen-bond donors (Lipinski definition) is 1. The topological polar surface area (TPSA) is 38.7 Å². The first-order valence-electron chi connectivity index (χ1n) is 11.2. The van der Waals surface area contributed by atoms with Gasteiger partial charge in [-0.3, -0.25) is 0 Å². The van der Waals surface area contributed by atoms with E-state index in [2.05, 4.69) is 62.0 Å². The molecular weight excluding hydrogens is 372 g/mol. The largest absolute Gasteiger partial charge is 0.392 e. The fraction of sp³-hybridized carbons (Fsp3) is 0.481. The van der Waals surface area contributed by atoms with Crippen molar-refractivity contribution in [2.45, 2.75) is 45.4 Å². The molecule has 0 aliphatic carbocycles. The van der Waals surface area contributed by atoms with E-state index in [0.717, 1.165) is 12.8 Å². The molecule has 3 nitrogen and oxygen atoms in total. The van der Waals surface area contributed by atoms with E-state index in [0.29, 0.717) is 31.3 Å². The average Bonchev–Trinajstić information content (AvgIpc) is 2.78. The first-order valence-corrected chi connectivity index (χ1v) is 11.2. The second kappa shape index (κ2) is 14.1. The van der Waals surface area contributed by atoms with Gasteiger partial charge in [0.25, 0.3) is 0 Å². The molecule has 1 atom stereocenters. The minimum atomic E-state index is -0.0249. The quantitative estimate of drug-likeness (QED) is 0.296. The van der Waals surface area contributed by atoms with Gasteiger partial charge in [0.15, 0.2) is 0 Å². The molecule has 30 heavy (non-hydrogen) atoms. The van der Waals surface area contributed by atoms with Crippen LogP contribution in [0.15, 0.2) is 60.7 Å². The number of ether oxygens (including phenoxy) is 2. The van der Waals surface area contributed by atoms with Crippen LogP contribution in [0.2, 0.25) is 0 Å². The van der Waals surface area contributed by atoms with Crippen LogP contribution in [-0.2, 0) is 22.3 Å². The molecule has 0 radical (unpaired) electrons. The highest BCUT2D eigenvalue weighted by atomic mass is 16.5. The van der Waals surface area contributed by atoms with Gasteiger partial charge in [-0.15, -0.1) is 0 Å². The molecule has 2 aromatic rings. The lowest BCUT2D eigenvalue weighted by molar-refractivity contribution is 0.0616. The first kappa shape index (κ1) is 24.3. The summed E-state index contributed by atoms with van der Waals surface area (Å²) < 4.78 is 11.0. The third-order valence-electron chi connectivity index (χ3n) is 5.44. The predicted octanol–water partition coefficient (Wildman–Crippen LogP) is 5.85. The van der Waals surface area contributed by atoms with Gasteiger partial charge in [-0.2, -0.15) is 0 Å². The summed E-state index contributed by atoms with van der Waals surface area (Å²) >= 11 is 0. The summed E-state index contributed by atoms with van der Waals surface area (Å²) in [6.07, 6.45) is 7.02. The Bertz CT molecular complexity index is 719. The summed E-state index contributed by atoms with van der Waals surface area (Å²) in [6, 6.07) is 17.9. The van der Waals surface area contributed by atoms with Gasteiger partial charge >= 0.3 is 0 Å². The molecule has 1 N–H and O–H groups in total. The maximum atomic E-state index is 9.01. The van der Waals surface area contributed by atoms with Crippen molar-refractivity contribution in [2.24, 2.45) is 5.92 Å². The SMILES string of the molecule is C=C(CO)COCC(CCc1ccc(-c2ccc(CCCCC)cc2)cc1)COC. The molecule has 0 heterocycles. The molecule has 3 heteroatoms. The summed E-state index contributed by atoms with van der Waals surface area (Å²) in [7, 11) is 1.73. The zero-order chi connectivity index (χ0) is 21.6. The third kappa shape index (κ3) is 8.83. The molecule has 0 aliphatic heterocycles. The Morgan fingerprint density at radius 1 is 0.900 bits per heavy atom. The molecule has 2 rings (SSSR count). The molecular formula is C27H38O3. The zero-order valence-corrected chi connectivity index (χ0v) is 18.7. The first-order chi connectivity index (χ1) is 14.7. The summed E-state index contributed by atoms with van der Waals surface area (Å²) in [5.41, 5.74) is 6.00. The van der Waals surface area contributed by atoms with Gasteiger partial charge in [0.1, 0.15) is 0 Å². The molecule has 0 aromatic heterocycles. The molecule has 0 aliphatic rings. The molecule has 0 saturated heterocycles. The van der Waals surface area contributed by atoms with Crippen LogP contribution in [-0.4, -0.2) is 38.6 Å². The number of hydrogen-bond acceptors (Lipinski definition) is 3. The van der Waals surface area contributed by atoms with Gasteiger partial charge < -0.3 is 14.6 Å². The number of aliphatic hydroxyl groups is 1. The van der Waals surface area contributed by atoms with Crippen molar-refractivity contribution in [3.63, 3.8) is 0 Å². The number of methoxy groups -OCH3 is 1. The second-order valence-corrected chi connectivity index (χ2v) is 8.13. The van der Waals surface area contributed by atoms with E-state index < -0.39 is 0 Å². The standard InChI is InChI=1S/C27H38O3/c1-4-5-6-7-23-10-14-26(15-11-23)27-16-12-24(13-17-27)8-9-25(20-29-3)21-30-19-22(2)18-28/h10-17,25,28H,2,4-9,18-21H2,1,3H3. The van der Waals surface area contributed by atoms with Crippen molar-refractivity contribution < 1.29 is 14.6 Å². The van der Waals surface area contributed by atoms with Crippen LogP contribution in [0.4, 0.5) is 0 Å². The number of benzene rings is 2. The molecule has 0 amide bonds. The Labute approximate surface area is 182 Å². The monoisotopic (exact) mass is 410 g/mol. The third-order valence-corrected chi connectivity index (χ3v) is 5.44. The van der Waals surface area contributed by atoms with Crippen LogP contribution in [0.3, 0.4) is 0 Å². The highest BCUT2D eigenvalue weighted by Crippen LogP contribution is 2.22. The molecule has 1 unspecified atom stereocenters. The van der Waals surface area contributed by atoms with E-state index in [9.17, 15) is 0 Å². The Morgan fingerprint density at radius 2 is 1.50 bits per heavy atom. The molecule has 2 aromatic carbocycles. The highest BCUT2D eigenvalue weighted by Gasteiger charge is 2.10. The zero-order valence-electron chi connectivity index (χ0n) is 18.7. The Morgan fingerprint density at radius 3 is 2.03 bits per heavy atom. The minimum absolute atomic E-state index is 0.0249. The van der Waals surface area contributed by atoms with Crippen molar-refractivity contribution in [3.05, 3.63) is 71.8 Å². The maximum absolute atomic E-state index is 9.01. The molecule has 0 fully saturated rings. The lowest BCUT2D eigenvalue weighted by Crippen LogP contribution is -2.17. The number of unbranched alkanes of at least 4 members (excludes halogenated alkanes) is 2. The van der Waals surface area contributed by atoms with Crippen LogP contribution in [0.5, 0.6) is 0 Å². The molecule has 164 valence electrons. The minimum Gasteiger partial charge on any atom is -0.392 e. The van der Waals surface area contributed by atoms with Crippen LogP contribution >= 0.6 is 0 Å². The van der Waals surface area contributed by atoms with E-state index in [-0.39, 0.29) is 6.61 Å². The van der Waals surface area contributed by atoms with Crippen molar-refractivity contribution >= 4 is 0 Å². The van der Waals surface area contributed by atoms with Gasteiger partial charge in [-0.25, -0.2) is 0 Å². The summed E-state index contributed by atoms with van der Waals surface area (Å²) in [5, 5.41) is 9.01. The summed E-state index contributed by atoms with van der Waals surface area (Å²) in [6.45, 7) is 7.68. The van der Waals surface area contributed by atoms with Crippen LogP contribution < -0.4 is 0 Å². The van der Waals surface area contributed by atoms with Crippen LogP contribution in [0.25, 0.3) is 11.1 Å². The van der Waals surface area contributed by atoms with E-state index in [4.69, 9.17) is 14.6 Å². The smallest absolute Gasteiger partial charge is 0.0696 e. The van der Waals surface area contributed by atoms with Gasteiger partial charge in [0.05, 0.1) is 26.4 Å². The summed E-state index contributed by atoms with van der Waals surface area (Å²) in [4.78, 5) is 0. The van der Waals surface area contributed by atoms with Crippen LogP contribution in [0, 0.1) is 5.92 Å². The lowest BCUT2D eigenvalue weighted by atomic mass is 9.97. The van der Waals surface area contributed by atoms with Crippen molar-refractivity contribution in [1.82, 2.24) is 0 Å². The Kier molecular flexibility index (Phi) is 11.5. The van der Waals surface area contributed by atoms with Gasteiger partial charge in [0, 0.05) is 13.0 Å². The summed E-state index contributed by atoms with van der Waals surface area (Å²) in [5.74, 6) is 0.335. The Hall–Kier alpha value is -1.94. The average molecular weight is 411 g/mol. The maximum Gasteiger partial charge on any atom is 0.0696 e. The molecule has 0 bridgehead atoms. The molecule has 0 saturated carbocycles. The number of aryl methyl sites for hydroxylation is 2. The Balaban J connectivity index is 1.84. The fourth-order valence-electron chi connectivity index (χ4n) is 3.54. The van der Waals surface area contributed by atoms with E-state index in [1.807, 2.05) is 0 Å². The van der Waals surface area contributed by atoms with Gasteiger partial charge in [-0.1, -0.05) is 74.9 Å². The highest BCUT2D eigenvalue weighted by molar-refractivity contribution is 5.63. The second-order valence-electron chi connectivity index (χ2n) is 8.13. The van der Waals surface area contributed by atoms with E-state index in [1.54, 1.807) is 7.11 Å². The van der Waals surface area contributed by atoms with Gasteiger partial charge in [-0.05, 0) is 53.5 Å². The van der Waals surface area contributed by atoms with E-state index >= 15 is 0 Å². The predicted molar refractivity (Wildman–Crippen MR) is 126 cm³/mol. The van der Waals surface area contributed by atoms with Gasteiger partial charge in [0.2, 0.25) is 0 Å².